The first kappa shape index (κ1) is 50.4. The second-order valence-electron chi connectivity index (χ2n) is 17.0. The van der Waals surface area contributed by atoms with Gasteiger partial charge in [-0.1, -0.05) is 60.7 Å². The summed E-state index contributed by atoms with van der Waals surface area (Å²) in [5.41, 5.74) is 0.887. The highest BCUT2D eigenvalue weighted by atomic mass is 32.2. The third-order valence-corrected chi connectivity index (χ3v) is 15.0. The van der Waals surface area contributed by atoms with Crippen LogP contribution in [-0.4, -0.2) is 82.4 Å². The number of Topliss-reactive ketones (excluding diaryl/α,β-unsaturated/α-hetero) is 1. The van der Waals surface area contributed by atoms with E-state index in [0.717, 1.165) is 12.1 Å². The van der Waals surface area contributed by atoms with Crippen molar-refractivity contribution in [2.45, 2.75) is 51.9 Å². The van der Waals surface area contributed by atoms with Gasteiger partial charge in [0, 0.05) is 41.6 Å². The van der Waals surface area contributed by atoms with Gasteiger partial charge >= 0.3 is 18.0 Å². The number of aromatic nitrogens is 4. The molecule has 0 atom stereocenters. The smallest absolute Gasteiger partial charge is 0.336 e. The number of hydrogen-bond donors (Lipinski definition) is 0. The maximum Gasteiger partial charge on any atom is 0.416 e. The van der Waals surface area contributed by atoms with Gasteiger partial charge in [0.05, 0.1) is 68.2 Å². The monoisotopic (exact) mass is 1010 g/mol. The fourth-order valence-corrected chi connectivity index (χ4v) is 11.0. The molecule has 0 aliphatic carbocycles. The lowest BCUT2D eigenvalue weighted by Crippen LogP contribution is -2.40. The maximum atomic E-state index is 15.1. The number of hydrogen-bond acceptors (Lipinski definition) is 11. The molecule has 0 N–H and O–H groups in total. The summed E-state index contributed by atoms with van der Waals surface area (Å²) in [6.07, 6.45) is 1.84. The second-order valence-corrected chi connectivity index (χ2v) is 20.5. The lowest BCUT2D eigenvalue weighted by atomic mass is 10.0. The summed E-state index contributed by atoms with van der Waals surface area (Å²) >= 11 is 0. The van der Waals surface area contributed by atoms with E-state index in [0.29, 0.717) is 39.2 Å². The third kappa shape index (κ3) is 9.76. The fraction of sp³-hybridized carbons (Fsp3) is 0.275. The Morgan fingerprint density at radius 1 is 0.648 bits per heavy atom. The lowest BCUT2D eigenvalue weighted by Gasteiger charge is -2.16. The summed E-state index contributed by atoms with van der Waals surface area (Å²) < 4.78 is 113. The van der Waals surface area contributed by atoms with Crippen LogP contribution in [0.4, 0.5) is 24.8 Å². The number of carbonyl (C=O) groups is 3. The normalized spacial score (nSPS) is 15.5. The zero-order valence-corrected chi connectivity index (χ0v) is 40.8. The number of ketones is 1. The Kier molecular flexibility index (Phi) is 14.2. The van der Waals surface area contributed by atoms with Gasteiger partial charge in [-0.15, -0.1) is 13.2 Å². The molecule has 4 aromatic heterocycles. The van der Waals surface area contributed by atoms with Crippen LogP contribution in [0, 0.1) is 0 Å². The van der Waals surface area contributed by atoms with Crippen LogP contribution in [-0.2, 0) is 47.9 Å². The van der Waals surface area contributed by atoms with E-state index in [-0.39, 0.29) is 91.1 Å². The zero-order valence-electron chi connectivity index (χ0n) is 39.2. The van der Waals surface area contributed by atoms with Crippen LogP contribution in [0.1, 0.15) is 58.1 Å². The van der Waals surface area contributed by atoms with Gasteiger partial charge in [0.2, 0.25) is 11.4 Å². The standard InChI is InChI=1S/C51H51F3N6O9S2/c1-6-8-30-68-70(64,65)32-14-28-59-43(36-20-18-35(19-21-36)34(3)61)41-42(46(59)48-50(63)58-27-13-11-17-40(58)56(48)5)44(37-22-24-38(25-23-37)51(52,53)54)60(29-15-33-71(66,67)69-31-9-7-2)45(41)47-49(62)57-26-12-10-16-39(57)55(47)4/h6-7,10-13,16-27H,1-2,8-9,14-15,28-33H2,3-5H3/q+2/b47-45+,48-46-. The number of anilines is 2. The Morgan fingerprint density at radius 3 is 1.42 bits per heavy atom. The SMILES string of the molecule is C=CCCOS(=O)(=O)CCCn1c(-c2ccc(C(C)=O)cc2)c2/c(=C3/C(=O)[n+]4ccccc4N3C)n(CCCS(=O)(=O)OCCC=C)c(-c3ccc(C(F)(F)F)cc3)c2/c1=C1\C(=O)[n+]2ccccc2N1C. The minimum absolute atomic E-state index is 0.0736. The molecule has 0 saturated carbocycles. The molecule has 0 spiro atoms. The van der Waals surface area contributed by atoms with Crippen LogP contribution in [0.3, 0.4) is 0 Å². The first-order valence-electron chi connectivity index (χ1n) is 22.7. The van der Waals surface area contributed by atoms with Crippen molar-refractivity contribution < 1.29 is 61.9 Å². The van der Waals surface area contributed by atoms with Crippen LogP contribution in [0.25, 0.3) is 44.7 Å². The predicted molar refractivity (Wildman–Crippen MR) is 262 cm³/mol. The molecule has 0 bridgehead atoms. The first-order chi connectivity index (χ1) is 33.8. The molecule has 370 valence electrons. The third-order valence-electron chi connectivity index (χ3n) is 12.4. The Hall–Kier alpha value is -7.00. The molecule has 15 nitrogen and oxygen atoms in total. The van der Waals surface area contributed by atoms with Crippen molar-refractivity contribution in [3.63, 3.8) is 0 Å². The number of fused-ring (bicyclic) bond motifs is 3. The molecule has 0 radical (unpaired) electrons. The number of carbonyl (C=O) groups excluding carboxylic acids is 3. The van der Waals surface area contributed by atoms with E-state index in [4.69, 9.17) is 8.37 Å². The number of pyridine rings is 2. The molecule has 6 heterocycles. The molecule has 0 amide bonds. The summed E-state index contributed by atoms with van der Waals surface area (Å²) in [5.74, 6) is -1.26. The van der Waals surface area contributed by atoms with Gasteiger partial charge in [-0.2, -0.15) is 39.1 Å². The summed E-state index contributed by atoms with van der Waals surface area (Å²) in [5, 5.41) is 1.07. The highest BCUT2D eigenvalue weighted by Gasteiger charge is 2.45. The van der Waals surface area contributed by atoms with Crippen molar-refractivity contribution in [3.8, 4) is 22.5 Å². The van der Waals surface area contributed by atoms with Crippen molar-refractivity contribution in [3.05, 3.63) is 144 Å². The van der Waals surface area contributed by atoms with Gasteiger partial charge in [-0.05, 0) is 68.0 Å². The van der Waals surface area contributed by atoms with Crippen molar-refractivity contribution in [2.75, 3.05) is 48.6 Å². The van der Waals surface area contributed by atoms with E-state index in [2.05, 4.69) is 13.2 Å². The van der Waals surface area contributed by atoms with E-state index in [9.17, 15) is 34.8 Å². The summed E-state index contributed by atoms with van der Waals surface area (Å²) in [4.78, 5) is 46.2. The summed E-state index contributed by atoms with van der Waals surface area (Å²) in [6, 6.07) is 21.3. The molecule has 0 unspecified atom stereocenters. The van der Waals surface area contributed by atoms with Crippen LogP contribution < -0.4 is 29.6 Å². The van der Waals surface area contributed by atoms with Gasteiger partial charge in [-0.3, -0.25) is 13.2 Å². The Morgan fingerprint density at radius 2 is 1.06 bits per heavy atom. The average molecular weight is 1010 g/mol. The van der Waals surface area contributed by atoms with Gasteiger partial charge in [0.25, 0.3) is 31.9 Å². The number of alkyl halides is 3. The van der Waals surface area contributed by atoms with Gasteiger partial charge in [0.15, 0.2) is 5.78 Å². The molecule has 20 heteroatoms. The van der Waals surface area contributed by atoms with Crippen LogP contribution in [0.15, 0.2) is 123 Å². The minimum atomic E-state index is -4.72. The van der Waals surface area contributed by atoms with E-state index < -0.39 is 55.3 Å². The highest BCUT2D eigenvalue weighted by molar-refractivity contribution is 7.86. The number of benzene rings is 2. The summed E-state index contributed by atoms with van der Waals surface area (Å²) in [7, 11) is -4.88. The number of halogens is 3. The highest BCUT2D eigenvalue weighted by Crippen LogP contribution is 2.38. The van der Waals surface area contributed by atoms with Crippen molar-refractivity contribution >= 4 is 71.6 Å². The summed E-state index contributed by atoms with van der Waals surface area (Å²) in [6.45, 7) is 8.14. The molecular weight excluding hydrogens is 962 g/mol. The minimum Gasteiger partial charge on any atom is -0.336 e. The zero-order chi connectivity index (χ0) is 51.0. The lowest BCUT2D eigenvalue weighted by molar-refractivity contribution is -0.550. The fourth-order valence-electron chi connectivity index (χ4n) is 9.14. The van der Waals surface area contributed by atoms with Crippen LogP contribution in [0.5, 0.6) is 0 Å². The predicted octanol–water partition coefficient (Wildman–Crippen LogP) is 6.00. The van der Waals surface area contributed by atoms with Crippen molar-refractivity contribution in [2.24, 2.45) is 0 Å². The molecular formula is C51H51F3N6O9S2+2. The number of rotatable bonds is 19. The first-order valence-corrected chi connectivity index (χ1v) is 25.8. The quantitative estimate of drug-likeness (QED) is 0.0308. The largest absolute Gasteiger partial charge is 0.416 e. The molecule has 6 aromatic rings. The molecule has 0 saturated heterocycles. The van der Waals surface area contributed by atoms with E-state index in [1.165, 1.54) is 40.3 Å². The molecule has 0 fully saturated rings. The second kappa shape index (κ2) is 20.0. The van der Waals surface area contributed by atoms with E-state index in [1.54, 1.807) is 106 Å². The van der Waals surface area contributed by atoms with Crippen molar-refractivity contribution in [1.82, 2.24) is 9.13 Å². The van der Waals surface area contributed by atoms with Crippen LogP contribution >= 0.6 is 0 Å². The number of likely N-dealkylation sites (N-methyl/N-ethyl adjacent to an activating group) is 2. The Bertz CT molecular complexity index is 3420. The van der Waals surface area contributed by atoms with Gasteiger partial charge in [0.1, 0.15) is 10.7 Å². The molecule has 2 aliphatic rings. The molecule has 2 aromatic carbocycles. The molecule has 71 heavy (non-hydrogen) atoms. The van der Waals surface area contributed by atoms with E-state index in [1.807, 2.05) is 0 Å². The molecule has 2 aliphatic heterocycles. The van der Waals surface area contributed by atoms with Gasteiger partial charge < -0.3 is 9.13 Å². The topological polar surface area (TPSA) is 162 Å². The molecule has 8 rings (SSSR count). The van der Waals surface area contributed by atoms with E-state index >= 15 is 9.59 Å². The van der Waals surface area contributed by atoms with Gasteiger partial charge in [-0.25, -0.2) is 19.4 Å². The average Bonchev–Trinajstić information content (AvgIpc) is 3.98. The van der Waals surface area contributed by atoms with Crippen LogP contribution in [0.2, 0.25) is 0 Å². The number of nitrogens with zero attached hydrogens (tertiary/aromatic N) is 6. The Labute approximate surface area is 408 Å². The maximum absolute atomic E-state index is 15.1. The Balaban J connectivity index is 1.58. The van der Waals surface area contributed by atoms with Crippen molar-refractivity contribution in [1.29, 1.82) is 0 Å².